The maximum absolute atomic E-state index is 5.87. The summed E-state index contributed by atoms with van der Waals surface area (Å²) in [5.74, 6) is 0.701. The fraction of sp³-hybridized carbons (Fsp3) is 0.556. The van der Waals surface area contributed by atoms with E-state index < -0.39 is 0 Å². The van der Waals surface area contributed by atoms with Crippen LogP contribution >= 0.6 is 11.6 Å². The normalized spacial score (nSPS) is 11.4. The second-order valence-corrected chi connectivity index (χ2v) is 4.54. The van der Waals surface area contributed by atoms with Gasteiger partial charge in [0.15, 0.2) is 0 Å². The summed E-state index contributed by atoms with van der Waals surface area (Å²) in [6.07, 6.45) is 3.07. The van der Waals surface area contributed by atoms with Crippen molar-refractivity contribution in [3.05, 3.63) is 17.5 Å². The van der Waals surface area contributed by atoms with E-state index in [1.165, 1.54) is 6.33 Å². The lowest BCUT2D eigenvalue weighted by Gasteiger charge is -2.19. The Balaban J connectivity index is 2.60. The van der Waals surface area contributed by atoms with Crippen molar-refractivity contribution in [3.63, 3.8) is 0 Å². The first kappa shape index (κ1) is 10.3. The van der Waals surface area contributed by atoms with Crippen molar-refractivity contribution < 1.29 is 0 Å². The van der Waals surface area contributed by atoms with Crippen LogP contribution in [0.15, 0.2) is 12.5 Å². The van der Waals surface area contributed by atoms with Gasteiger partial charge in [-0.3, -0.25) is 0 Å². The number of nitrogens with one attached hydrogen (secondary N) is 1. The number of halogens is 1. The first-order valence-corrected chi connectivity index (χ1v) is 4.56. The van der Waals surface area contributed by atoms with Crippen LogP contribution in [-0.2, 0) is 0 Å². The van der Waals surface area contributed by atoms with Crippen LogP contribution in [0.5, 0.6) is 0 Å². The van der Waals surface area contributed by atoms with Crippen molar-refractivity contribution in [2.45, 2.75) is 20.8 Å². The molecule has 72 valence electrons. The third-order valence-corrected chi connectivity index (χ3v) is 1.73. The molecule has 1 aromatic heterocycles. The highest BCUT2D eigenvalue weighted by atomic mass is 35.5. The predicted octanol–water partition coefficient (Wildman–Crippen LogP) is 2.59. The van der Waals surface area contributed by atoms with Gasteiger partial charge in [0.2, 0.25) is 0 Å². The van der Waals surface area contributed by atoms with E-state index in [2.05, 4.69) is 36.1 Å². The number of anilines is 1. The van der Waals surface area contributed by atoms with Crippen LogP contribution in [0.4, 0.5) is 5.82 Å². The summed E-state index contributed by atoms with van der Waals surface area (Å²) in [7, 11) is 0. The highest BCUT2D eigenvalue weighted by molar-refractivity contribution is 6.32. The Morgan fingerprint density at radius 1 is 1.46 bits per heavy atom. The molecule has 0 aliphatic carbocycles. The highest BCUT2D eigenvalue weighted by Crippen LogP contribution is 2.19. The average Bonchev–Trinajstić information content (AvgIpc) is 2.01. The molecule has 1 heterocycles. The molecular weight excluding hydrogens is 186 g/mol. The molecule has 0 bridgehead atoms. The minimum absolute atomic E-state index is 0.217. The van der Waals surface area contributed by atoms with E-state index in [0.717, 1.165) is 6.54 Å². The van der Waals surface area contributed by atoms with Crippen LogP contribution in [0.3, 0.4) is 0 Å². The second kappa shape index (κ2) is 3.92. The smallest absolute Gasteiger partial charge is 0.148 e. The number of hydrogen-bond donors (Lipinski definition) is 1. The Hall–Kier alpha value is -0.830. The van der Waals surface area contributed by atoms with Gasteiger partial charge in [0, 0.05) is 6.54 Å². The fourth-order valence-electron chi connectivity index (χ4n) is 0.792. The van der Waals surface area contributed by atoms with Gasteiger partial charge in [-0.2, -0.15) is 0 Å². The van der Waals surface area contributed by atoms with Crippen molar-refractivity contribution in [3.8, 4) is 0 Å². The Labute approximate surface area is 83.5 Å². The maximum Gasteiger partial charge on any atom is 0.148 e. The summed E-state index contributed by atoms with van der Waals surface area (Å²) in [5, 5.41) is 3.73. The first-order chi connectivity index (χ1) is 5.99. The lowest BCUT2D eigenvalue weighted by Crippen LogP contribution is -2.19. The highest BCUT2D eigenvalue weighted by Gasteiger charge is 2.10. The molecule has 1 N–H and O–H groups in total. The van der Waals surface area contributed by atoms with Crippen molar-refractivity contribution in [1.82, 2.24) is 9.97 Å². The molecule has 0 spiro atoms. The molecule has 0 aliphatic heterocycles. The van der Waals surface area contributed by atoms with Gasteiger partial charge in [-0.1, -0.05) is 32.4 Å². The minimum atomic E-state index is 0.217. The molecule has 0 saturated heterocycles. The van der Waals surface area contributed by atoms with E-state index in [4.69, 9.17) is 11.6 Å². The topological polar surface area (TPSA) is 37.8 Å². The van der Waals surface area contributed by atoms with Crippen molar-refractivity contribution in [2.75, 3.05) is 11.9 Å². The SMILES string of the molecule is CC(C)(C)CNc1ncncc1Cl. The van der Waals surface area contributed by atoms with Gasteiger partial charge in [-0.25, -0.2) is 9.97 Å². The molecule has 0 radical (unpaired) electrons. The summed E-state index contributed by atoms with van der Waals surface area (Å²) in [6, 6.07) is 0. The Morgan fingerprint density at radius 3 is 2.69 bits per heavy atom. The zero-order valence-electron chi connectivity index (χ0n) is 8.13. The molecule has 13 heavy (non-hydrogen) atoms. The molecule has 0 saturated carbocycles. The van der Waals surface area contributed by atoms with E-state index in [1.807, 2.05) is 0 Å². The summed E-state index contributed by atoms with van der Waals surface area (Å²) < 4.78 is 0. The Morgan fingerprint density at radius 2 is 2.15 bits per heavy atom. The molecule has 3 nitrogen and oxygen atoms in total. The molecule has 0 amide bonds. The number of hydrogen-bond acceptors (Lipinski definition) is 3. The van der Waals surface area contributed by atoms with Crippen LogP contribution in [0.2, 0.25) is 5.02 Å². The van der Waals surface area contributed by atoms with Crippen molar-refractivity contribution >= 4 is 17.4 Å². The fourth-order valence-corrected chi connectivity index (χ4v) is 0.964. The van der Waals surface area contributed by atoms with E-state index >= 15 is 0 Å². The molecule has 0 aliphatic rings. The molecule has 0 atom stereocenters. The summed E-state index contributed by atoms with van der Waals surface area (Å²) in [6.45, 7) is 7.28. The van der Waals surface area contributed by atoms with E-state index in [0.29, 0.717) is 10.8 Å². The van der Waals surface area contributed by atoms with Gasteiger partial charge in [-0.05, 0) is 5.41 Å². The Bertz CT molecular complexity index is 280. The van der Waals surface area contributed by atoms with Gasteiger partial charge in [-0.15, -0.1) is 0 Å². The lowest BCUT2D eigenvalue weighted by molar-refractivity contribution is 0.442. The molecule has 0 fully saturated rings. The third kappa shape index (κ3) is 3.59. The van der Waals surface area contributed by atoms with Crippen LogP contribution < -0.4 is 5.32 Å². The number of aromatic nitrogens is 2. The molecule has 4 heteroatoms. The van der Waals surface area contributed by atoms with Gasteiger partial charge in [0.1, 0.15) is 17.2 Å². The molecule has 0 unspecified atom stereocenters. The maximum atomic E-state index is 5.87. The summed E-state index contributed by atoms with van der Waals surface area (Å²) in [5.41, 5.74) is 0.217. The summed E-state index contributed by atoms with van der Waals surface area (Å²) >= 11 is 5.87. The average molecular weight is 200 g/mol. The zero-order chi connectivity index (χ0) is 9.90. The largest absolute Gasteiger partial charge is 0.368 e. The second-order valence-electron chi connectivity index (χ2n) is 4.13. The van der Waals surface area contributed by atoms with E-state index in [-0.39, 0.29) is 5.41 Å². The van der Waals surface area contributed by atoms with Crippen LogP contribution in [0, 0.1) is 5.41 Å². The zero-order valence-corrected chi connectivity index (χ0v) is 8.89. The number of rotatable bonds is 2. The first-order valence-electron chi connectivity index (χ1n) is 4.18. The third-order valence-electron chi connectivity index (χ3n) is 1.45. The molecule has 1 rings (SSSR count). The summed E-state index contributed by atoms with van der Waals surface area (Å²) in [4.78, 5) is 7.83. The van der Waals surface area contributed by atoms with Crippen LogP contribution in [0.25, 0.3) is 0 Å². The predicted molar refractivity (Wildman–Crippen MR) is 55.0 cm³/mol. The Kier molecular flexibility index (Phi) is 3.09. The van der Waals surface area contributed by atoms with Crippen molar-refractivity contribution in [2.24, 2.45) is 5.41 Å². The van der Waals surface area contributed by atoms with Gasteiger partial charge >= 0.3 is 0 Å². The monoisotopic (exact) mass is 199 g/mol. The van der Waals surface area contributed by atoms with E-state index in [1.54, 1.807) is 6.20 Å². The molecule has 0 aromatic carbocycles. The molecule has 1 aromatic rings. The van der Waals surface area contributed by atoms with Gasteiger partial charge in [0.25, 0.3) is 0 Å². The molecular formula is C9H14ClN3. The van der Waals surface area contributed by atoms with Crippen LogP contribution in [0.1, 0.15) is 20.8 Å². The van der Waals surface area contributed by atoms with E-state index in [9.17, 15) is 0 Å². The minimum Gasteiger partial charge on any atom is -0.368 e. The quantitative estimate of drug-likeness (QED) is 0.796. The van der Waals surface area contributed by atoms with Crippen LogP contribution in [-0.4, -0.2) is 16.5 Å². The van der Waals surface area contributed by atoms with Gasteiger partial charge < -0.3 is 5.32 Å². The number of nitrogens with zero attached hydrogens (tertiary/aromatic N) is 2. The van der Waals surface area contributed by atoms with Crippen molar-refractivity contribution in [1.29, 1.82) is 0 Å². The lowest BCUT2D eigenvalue weighted by atomic mass is 9.97. The van der Waals surface area contributed by atoms with Gasteiger partial charge in [0.05, 0.1) is 6.20 Å². The standard InChI is InChI=1S/C9H14ClN3/c1-9(2,3)5-12-8-7(10)4-11-6-13-8/h4,6H,5H2,1-3H3,(H,11,12,13).